The minimum Gasteiger partial charge on any atom is -0.465 e. The number of fused-ring (bicyclic) bond motifs is 1. The van der Waals surface area contributed by atoms with Crippen LogP contribution in [0.3, 0.4) is 0 Å². The first-order valence-electron chi connectivity index (χ1n) is 5.22. The van der Waals surface area contributed by atoms with Crippen molar-refractivity contribution in [2.45, 2.75) is 13.8 Å². The van der Waals surface area contributed by atoms with E-state index in [0.29, 0.717) is 23.0 Å². The van der Waals surface area contributed by atoms with Gasteiger partial charge in [-0.25, -0.2) is 9.78 Å². The molecule has 0 unspecified atom stereocenters. The molecule has 0 saturated heterocycles. The second kappa shape index (κ2) is 4.36. The van der Waals surface area contributed by atoms with E-state index in [1.54, 1.807) is 6.92 Å². The standard InChI is InChI=1S/C10H13N5O2/c1-4-11-9-13-10-12-5-7(8(16)17-3)6(2)15(10)14-9/h5H,4H2,1-3H3,(H,11,14). The number of carbonyl (C=O) groups is 1. The van der Waals surface area contributed by atoms with Gasteiger partial charge in [0, 0.05) is 12.7 Å². The molecule has 2 aromatic rings. The maximum atomic E-state index is 11.5. The minimum absolute atomic E-state index is 0.382. The number of nitrogens with one attached hydrogen (secondary N) is 1. The largest absolute Gasteiger partial charge is 0.465 e. The van der Waals surface area contributed by atoms with Crippen LogP contribution < -0.4 is 5.32 Å². The number of carbonyl (C=O) groups excluding carboxylic acids is 1. The van der Waals surface area contributed by atoms with E-state index in [0.717, 1.165) is 6.54 Å². The quantitative estimate of drug-likeness (QED) is 0.787. The smallest absolute Gasteiger partial charge is 0.341 e. The predicted molar refractivity (Wildman–Crippen MR) is 61.0 cm³/mol. The van der Waals surface area contributed by atoms with Crippen LogP contribution >= 0.6 is 0 Å². The number of methoxy groups -OCH3 is 1. The third kappa shape index (κ3) is 1.91. The van der Waals surface area contributed by atoms with Gasteiger partial charge < -0.3 is 10.1 Å². The van der Waals surface area contributed by atoms with Crippen LogP contribution in [0.1, 0.15) is 23.0 Å². The summed E-state index contributed by atoms with van der Waals surface area (Å²) in [6, 6.07) is 0. The molecule has 0 radical (unpaired) electrons. The summed E-state index contributed by atoms with van der Waals surface area (Å²) < 4.78 is 6.18. The lowest BCUT2D eigenvalue weighted by molar-refractivity contribution is 0.0598. The van der Waals surface area contributed by atoms with Gasteiger partial charge in [0.2, 0.25) is 5.95 Å². The molecule has 7 heteroatoms. The van der Waals surface area contributed by atoms with Gasteiger partial charge in [0.1, 0.15) is 0 Å². The first-order valence-corrected chi connectivity index (χ1v) is 5.22. The van der Waals surface area contributed by atoms with E-state index in [1.165, 1.54) is 17.8 Å². The van der Waals surface area contributed by atoms with E-state index in [-0.39, 0.29) is 0 Å². The zero-order chi connectivity index (χ0) is 12.4. The fourth-order valence-corrected chi connectivity index (χ4v) is 1.49. The van der Waals surface area contributed by atoms with Crippen LogP contribution in [0.4, 0.5) is 5.95 Å². The average Bonchev–Trinajstić information content (AvgIpc) is 2.73. The highest BCUT2D eigenvalue weighted by Crippen LogP contribution is 2.11. The Morgan fingerprint density at radius 2 is 2.35 bits per heavy atom. The fraction of sp³-hybridized carbons (Fsp3) is 0.400. The summed E-state index contributed by atoms with van der Waals surface area (Å²) in [4.78, 5) is 19.7. The molecule has 17 heavy (non-hydrogen) atoms. The summed E-state index contributed by atoms with van der Waals surface area (Å²) in [5.41, 5.74) is 1.03. The average molecular weight is 235 g/mol. The molecule has 0 amide bonds. The molecule has 0 saturated carbocycles. The maximum Gasteiger partial charge on any atom is 0.341 e. The highest BCUT2D eigenvalue weighted by atomic mass is 16.5. The van der Waals surface area contributed by atoms with Crippen molar-refractivity contribution in [2.75, 3.05) is 19.0 Å². The molecule has 0 spiro atoms. The van der Waals surface area contributed by atoms with Crippen molar-refractivity contribution in [3.05, 3.63) is 17.5 Å². The van der Waals surface area contributed by atoms with Crippen molar-refractivity contribution in [1.82, 2.24) is 19.6 Å². The van der Waals surface area contributed by atoms with Gasteiger partial charge in [0.15, 0.2) is 0 Å². The van der Waals surface area contributed by atoms with Gasteiger partial charge in [-0.15, -0.1) is 5.10 Å². The van der Waals surface area contributed by atoms with E-state index < -0.39 is 5.97 Å². The Kier molecular flexibility index (Phi) is 2.90. The zero-order valence-electron chi connectivity index (χ0n) is 9.89. The Balaban J connectivity index is 2.54. The molecule has 2 heterocycles. The SMILES string of the molecule is CCNc1nc2ncc(C(=O)OC)c(C)n2n1. The molecule has 2 rings (SSSR count). The molecule has 0 aliphatic heterocycles. The summed E-state index contributed by atoms with van der Waals surface area (Å²) in [6.45, 7) is 4.44. The van der Waals surface area contributed by atoms with Crippen LogP contribution in [-0.2, 0) is 4.74 Å². The summed E-state index contributed by atoms with van der Waals surface area (Å²) in [5, 5.41) is 7.19. The molecule has 0 fully saturated rings. The van der Waals surface area contributed by atoms with E-state index in [2.05, 4.69) is 25.1 Å². The Bertz CT molecular complexity index is 563. The van der Waals surface area contributed by atoms with Crippen LogP contribution in [0.15, 0.2) is 6.20 Å². The number of hydrogen-bond donors (Lipinski definition) is 1. The van der Waals surface area contributed by atoms with Crippen molar-refractivity contribution in [3.63, 3.8) is 0 Å². The molecule has 0 aromatic carbocycles. The molecule has 90 valence electrons. The molecular weight excluding hydrogens is 222 g/mol. The second-order valence-electron chi connectivity index (χ2n) is 3.43. The van der Waals surface area contributed by atoms with Crippen LogP contribution in [0.2, 0.25) is 0 Å². The van der Waals surface area contributed by atoms with Crippen molar-refractivity contribution in [1.29, 1.82) is 0 Å². The lowest BCUT2D eigenvalue weighted by atomic mass is 10.2. The molecule has 0 aliphatic carbocycles. The maximum absolute atomic E-state index is 11.5. The van der Waals surface area contributed by atoms with E-state index in [9.17, 15) is 4.79 Å². The number of rotatable bonds is 3. The van der Waals surface area contributed by atoms with Gasteiger partial charge >= 0.3 is 5.97 Å². The topological polar surface area (TPSA) is 81.4 Å². The monoisotopic (exact) mass is 235 g/mol. The lowest BCUT2D eigenvalue weighted by Crippen LogP contribution is -2.09. The second-order valence-corrected chi connectivity index (χ2v) is 3.43. The normalized spacial score (nSPS) is 10.5. The predicted octanol–water partition coefficient (Wildman–Crippen LogP) is 0.651. The van der Waals surface area contributed by atoms with Gasteiger partial charge in [-0.2, -0.15) is 9.50 Å². The number of nitrogens with zero attached hydrogens (tertiary/aromatic N) is 4. The first kappa shape index (κ1) is 11.3. The van der Waals surface area contributed by atoms with Crippen LogP contribution in [0, 0.1) is 6.92 Å². The van der Waals surface area contributed by atoms with Crippen molar-refractivity contribution in [3.8, 4) is 0 Å². The molecule has 2 aromatic heterocycles. The Labute approximate surface area is 97.8 Å². The lowest BCUT2D eigenvalue weighted by Gasteiger charge is -2.03. The van der Waals surface area contributed by atoms with Gasteiger partial charge in [0.05, 0.1) is 18.4 Å². The van der Waals surface area contributed by atoms with E-state index in [1.807, 2.05) is 6.92 Å². The Hall–Kier alpha value is -2.18. The molecule has 0 atom stereocenters. The van der Waals surface area contributed by atoms with Crippen LogP contribution in [0.25, 0.3) is 5.78 Å². The number of aromatic nitrogens is 4. The van der Waals surface area contributed by atoms with Gasteiger partial charge in [-0.3, -0.25) is 0 Å². The zero-order valence-corrected chi connectivity index (χ0v) is 9.89. The van der Waals surface area contributed by atoms with Gasteiger partial charge in [-0.05, 0) is 13.8 Å². The van der Waals surface area contributed by atoms with Gasteiger partial charge in [0.25, 0.3) is 5.78 Å². The van der Waals surface area contributed by atoms with Gasteiger partial charge in [-0.1, -0.05) is 0 Å². The fourth-order valence-electron chi connectivity index (χ4n) is 1.49. The summed E-state index contributed by atoms with van der Waals surface area (Å²) in [6.07, 6.45) is 1.45. The summed E-state index contributed by atoms with van der Waals surface area (Å²) >= 11 is 0. The van der Waals surface area contributed by atoms with E-state index >= 15 is 0 Å². The highest BCUT2D eigenvalue weighted by Gasteiger charge is 2.15. The Morgan fingerprint density at radius 3 is 3.00 bits per heavy atom. The van der Waals surface area contributed by atoms with Crippen molar-refractivity contribution < 1.29 is 9.53 Å². The molecule has 0 bridgehead atoms. The molecule has 1 N–H and O–H groups in total. The van der Waals surface area contributed by atoms with Crippen molar-refractivity contribution in [2.24, 2.45) is 0 Å². The first-order chi connectivity index (χ1) is 8.17. The third-order valence-corrected chi connectivity index (χ3v) is 2.35. The van der Waals surface area contributed by atoms with Crippen LogP contribution in [0.5, 0.6) is 0 Å². The molecular formula is C10H13N5O2. The highest BCUT2D eigenvalue weighted by molar-refractivity contribution is 5.90. The van der Waals surface area contributed by atoms with Crippen LogP contribution in [-0.4, -0.2) is 39.2 Å². The van der Waals surface area contributed by atoms with Crippen molar-refractivity contribution >= 4 is 17.7 Å². The van der Waals surface area contributed by atoms with E-state index in [4.69, 9.17) is 0 Å². The number of anilines is 1. The number of ether oxygens (including phenoxy) is 1. The molecule has 7 nitrogen and oxygen atoms in total. The number of aryl methyl sites for hydroxylation is 1. The Morgan fingerprint density at radius 1 is 1.59 bits per heavy atom. The summed E-state index contributed by atoms with van der Waals surface area (Å²) in [5.74, 6) is 0.508. The number of hydrogen-bond acceptors (Lipinski definition) is 6. The minimum atomic E-state index is -0.433. The summed E-state index contributed by atoms with van der Waals surface area (Å²) in [7, 11) is 1.33. The third-order valence-electron chi connectivity index (χ3n) is 2.35. The number of esters is 1. The molecule has 0 aliphatic rings.